The fraction of sp³-hybridized carbons (Fsp3) is 0.0952. The Hall–Kier alpha value is -2.83. The predicted molar refractivity (Wildman–Crippen MR) is 110 cm³/mol. The Labute approximate surface area is 170 Å². The molecular weight excluding hydrogens is 396 g/mol. The topological polar surface area (TPSA) is 76.1 Å². The van der Waals surface area contributed by atoms with Crippen molar-refractivity contribution in [2.24, 2.45) is 0 Å². The number of nitrogens with zero attached hydrogens (tertiary/aromatic N) is 1. The molecule has 1 heterocycles. The molecule has 28 heavy (non-hydrogen) atoms. The molecule has 0 saturated heterocycles. The number of carbonyl (C=O) groups is 2. The van der Waals surface area contributed by atoms with Crippen LogP contribution in [0.15, 0.2) is 65.7 Å². The molecule has 1 aromatic heterocycles. The van der Waals surface area contributed by atoms with E-state index in [9.17, 15) is 13.8 Å². The number of pyridine rings is 1. The van der Waals surface area contributed by atoms with Crippen LogP contribution in [-0.4, -0.2) is 20.8 Å². The summed E-state index contributed by atoms with van der Waals surface area (Å²) in [5, 5.41) is 0.394. The van der Waals surface area contributed by atoms with Crippen LogP contribution >= 0.6 is 11.6 Å². The highest BCUT2D eigenvalue weighted by Gasteiger charge is 2.17. The minimum absolute atomic E-state index is 0.0671. The van der Waals surface area contributed by atoms with E-state index in [0.717, 1.165) is 5.69 Å². The lowest BCUT2D eigenvalue weighted by atomic mass is 10.0. The van der Waals surface area contributed by atoms with Crippen molar-refractivity contribution in [3.8, 4) is 0 Å². The Morgan fingerprint density at radius 3 is 2.29 bits per heavy atom. The van der Waals surface area contributed by atoms with Crippen molar-refractivity contribution in [3.05, 3.63) is 88.2 Å². The molecule has 3 rings (SSSR count). The summed E-state index contributed by atoms with van der Waals surface area (Å²) in [6, 6.07) is 14.6. The Bertz CT molecular complexity index is 1060. The van der Waals surface area contributed by atoms with Gasteiger partial charge in [0.25, 0.3) is 0 Å². The van der Waals surface area contributed by atoms with Gasteiger partial charge in [-0.1, -0.05) is 23.7 Å². The van der Waals surface area contributed by atoms with Gasteiger partial charge in [0.1, 0.15) is 11.0 Å². The van der Waals surface area contributed by atoms with E-state index in [-0.39, 0.29) is 11.6 Å². The van der Waals surface area contributed by atoms with E-state index in [1.165, 1.54) is 19.2 Å². The molecule has 0 radical (unpaired) electrons. The normalized spacial score (nSPS) is 11.7. The summed E-state index contributed by atoms with van der Waals surface area (Å²) in [4.78, 5) is 28.9. The highest BCUT2D eigenvalue weighted by molar-refractivity contribution is 7.86. The van der Waals surface area contributed by atoms with Crippen molar-refractivity contribution in [2.75, 3.05) is 4.72 Å². The van der Waals surface area contributed by atoms with Gasteiger partial charge in [-0.3, -0.25) is 14.6 Å². The average molecular weight is 413 g/mol. The van der Waals surface area contributed by atoms with E-state index < -0.39 is 11.0 Å². The number of rotatable bonds is 6. The number of ketones is 2. The number of nitrogens with one attached hydrogen (secondary N) is 1. The van der Waals surface area contributed by atoms with Crippen LogP contribution in [0.5, 0.6) is 0 Å². The molecule has 2 aromatic carbocycles. The highest BCUT2D eigenvalue weighted by Crippen LogP contribution is 2.25. The van der Waals surface area contributed by atoms with Gasteiger partial charge in [0, 0.05) is 33.6 Å². The number of carbonyl (C=O) groups excluding carboxylic acids is 2. The first kappa shape index (κ1) is 19.9. The maximum Gasteiger partial charge on any atom is 0.196 e. The molecule has 0 aliphatic rings. The quantitative estimate of drug-likeness (QED) is 0.600. The molecule has 1 unspecified atom stereocenters. The molecule has 0 spiro atoms. The van der Waals surface area contributed by atoms with Crippen LogP contribution in [-0.2, 0) is 11.0 Å². The molecule has 0 bridgehead atoms. The molecule has 5 nitrogen and oxygen atoms in total. The highest BCUT2D eigenvalue weighted by atomic mass is 35.5. The Morgan fingerprint density at radius 2 is 1.68 bits per heavy atom. The van der Waals surface area contributed by atoms with E-state index >= 15 is 0 Å². The second kappa shape index (κ2) is 8.46. The van der Waals surface area contributed by atoms with Gasteiger partial charge >= 0.3 is 0 Å². The van der Waals surface area contributed by atoms with Crippen LogP contribution in [0, 0.1) is 6.92 Å². The van der Waals surface area contributed by atoms with Crippen molar-refractivity contribution in [1.29, 1.82) is 0 Å². The molecule has 142 valence electrons. The summed E-state index contributed by atoms with van der Waals surface area (Å²) in [5.74, 6) is -0.344. The molecule has 7 heteroatoms. The Balaban J connectivity index is 1.90. The van der Waals surface area contributed by atoms with Crippen LogP contribution in [0.4, 0.5) is 5.69 Å². The van der Waals surface area contributed by atoms with Gasteiger partial charge < -0.3 is 4.72 Å². The number of aromatic nitrogens is 1. The summed E-state index contributed by atoms with van der Waals surface area (Å²) in [7, 11) is -1.62. The first-order chi connectivity index (χ1) is 13.3. The van der Waals surface area contributed by atoms with Gasteiger partial charge in [-0.2, -0.15) is 0 Å². The minimum Gasteiger partial charge on any atom is -0.300 e. The predicted octanol–water partition coefficient (Wildman–Crippen LogP) is 4.61. The molecular formula is C21H17ClN2O3S. The van der Waals surface area contributed by atoms with Crippen LogP contribution < -0.4 is 4.72 Å². The van der Waals surface area contributed by atoms with Gasteiger partial charge in [-0.25, -0.2) is 4.21 Å². The molecule has 0 amide bonds. The average Bonchev–Trinajstić information content (AvgIpc) is 2.69. The third-order valence-corrected chi connectivity index (χ3v) is 5.42. The monoisotopic (exact) mass is 412 g/mol. The molecule has 1 N–H and O–H groups in total. The van der Waals surface area contributed by atoms with Gasteiger partial charge in [0.15, 0.2) is 11.6 Å². The molecule has 3 aromatic rings. The van der Waals surface area contributed by atoms with Gasteiger partial charge in [0.2, 0.25) is 0 Å². The van der Waals surface area contributed by atoms with E-state index in [1.54, 1.807) is 48.5 Å². The lowest BCUT2D eigenvalue weighted by Gasteiger charge is -2.12. The number of benzene rings is 2. The van der Waals surface area contributed by atoms with Crippen LogP contribution in [0.1, 0.15) is 38.9 Å². The van der Waals surface area contributed by atoms with Crippen LogP contribution in [0.2, 0.25) is 5.02 Å². The van der Waals surface area contributed by atoms with Crippen molar-refractivity contribution < 1.29 is 13.8 Å². The number of anilines is 1. The number of hydrogen-bond acceptors (Lipinski definition) is 4. The van der Waals surface area contributed by atoms with Crippen molar-refractivity contribution >= 4 is 39.8 Å². The van der Waals surface area contributed by atoms with Gasteiger partial charge in [-0.15, -0.1) is 0 Å². The second-order valence-electron chi connectivity index (χ2n) is 6.16. The summed E-state index contributed by atoms with van der Waals surface area (Å²) in [5.41, 5.74) is 2.44. The third-order valence-electron chi connectivity index (χ3n) is 4.08. The van der Waals surface area contributed by atoms with Crippen molar-refractivity contribution in [2.45, 2.75) is 18.7 Å². The van der Waals surface area contributed by atoms with Gasteiger partial charge in [-0.05, 0) is 56.3 Å². The fourth-order valence-electron chi connectivity index (χ4n) is 2.52. The van der Waals surface area contributed by atoms with Crippen molar-refractivity contribution in [3.63, 3.8) is 0 Å². The van der Waals surface area contributed by atoms with E-state index in [0.29, 0.717) is 32.3 Å². The first-order valence-electron chi connectivity index (χ1n) is 8.41. The number of hydrogen-bond donors (Lipinski definition) is 1. The fourth-order valence-corrected chi connectivity index (χ4v) is 3.57. The number of aryl methyl sites for hydroxylation is 1. The summed E-state index contributed by atoms with van der Waals surface area (Å²) >= 11 is 6.07. The molecule has 0 aliphatic heterocycles. The molecule has 0 saturated carbocycles. The van der Waals surface area contributed by atoms with E-state index in [2.05, 4.69) is 9.71 Å². The maximum atomic E-state index is 12.9. The zero-order valence-corrected chi connectivity index (χ0v) is 16.8. The summed E-state index contributed by atoms with van der Waals surface area (Å²) in [6.07, 6.45) is 1.50. The summed E-state index contributed by atoms with van der Waals surface area (Å²) in [6.45, 7) is 3.30. The van der Waals surface area contributed by atoms with Gasteiger partial charge in [0.05, 0.1) is 10.6 Å². The smallest absolute Gasteiger partial charge is 0.196 e. The van der Waals surface area contributed by atoms with E-state index in [1.807, 2.05) is 6.92 Å². The molecule has 1 atom stereocenters. The maximum absolute atomic E-state index is 12.9. The zero-order valence-electron chi connectivity index (χ0n) is 15.2. The Kier molecular flexibility index (Phi) is 6.02. The summed E-state index contributed by atoms with van der Waals surface area (Å²) < 4.78 is 15.5. The minimum atomic E-state index is -1.62. The van der Waals surface area contributed by atoms with Crippen LogP contribution in [0.3, 0.4) is 0 Å². The number of Topliss-reactive ketones (excluding diaryl/α,β-unsaturated/α-hetero) is 1. The lowest BCUT2D eigenvalue weighted by molar-refractivity contribution is 0.101. The zero-order chi connectivity index (χ0) is 20.3. The Morgan fingerprint density at radius 1 is 1.00 bits per heavy atom. The number of halogens is 1. The molecule has 0 fully saturated rings. The second-order valence-corrected chi connectivity index (χ2v) is 7.81. The lowest BCUT2D eigenvalue weighted by Crippen LogP contribution is -2.11. The van der Waals surface area contributed by atoms with E-state index in [4.69, 9.17) is 11.6 Å². The largest absolute Gasteiger partial charge is 0.300 e. The van der Waals surface area contributed by atoms with Crippen LogP contribution in [0.25, 0.3) is 0 Å². The molecule has 0 aliphatic carbocycles. The SMILES string of the molecule is CC(=O)c1ccc(S(=O)Nc2ccc(Cl)cc2C(=O)c2ccc(C)nc2)cc1. The first-order valence-corrected chi connectivity index (χ1v) is 9.94. The van der Waals surface area contributed by atoms with Crippen molar-refractivity contribution in [1.82, 2.24) is 4.98 Å². The standard InChI is InChI=1S/C21H17ClN2O3S/c1-13-3-4-16(12-23-13)21(26)19-11-17(22)7-10-20(19)24-28(27)18-8-5-15(6-9-18)14(2)25/h3-12,24H,1-2H3. The third kappa shape index (κ3) is 4.52.